The third-order valence-corrected chi connectivity index (χ3v) is 1.39. The van der Waals surface area contributed by atoms with Crippen LogP contribution in [-0.2, 0) is 16.2 Å². The topological polar surface area (TPSA) is 99.3 Å². The van der Waals surface area contributed by atoms with Crippen LogP contribution in [-0.4, -0.2) is 27.5 Å². The number of nitrogens with one attached hydrogen (secondary N) is 1. The minimum absolute atomic E-state index is 0.204. The van der Waals surface area contributed by atoms with Gasteiger partial charge in [0, 0.05) is 0 Å². The smallest absolute Gasteiger partial charge is 0.390 e. The van der Waals surface area contributed by atoms with Crippen LogP contribution in [0.5, 0.6) is 0 Å². The molecule has 1 aromatic rings. The standard InChI is InChI=1S/C6H8N4O4/c1-14-8-5(11)4-9-3-2-7-6(9)10(12)13/h2-3H,4H2,1H3,(H,8,11). The summed E-state index contributed by atoms with van der Waals surface area (Å²) < 4.78 is 1.11. The Bertz CT molecular complexity index is 347. The van der Waals surface area contributed by atoms with E-state index in [1.807, 2.05) is 5.48 Å². The van der Waals surface area contributed by atoms with Gasteiger partial charge in [0.15, 0.2) is 6.54 Å². The van der Waals surface area contributed by atoms with E-state index >= 15 is 0 Å². The van der Waals surface area contributed by atoms with Crippen molar-refractivity contribution in [1.29, 1.82) is 0 Å². The van der Waals surface area contributed by atoms with Crippen LogP contribution in [0.3, 0.4) is 0 Å². The highest BCUT2D eigenvalue weighted by Crippen LogP contribution is 2.06. The third kappa shape index (κ3) is 2.26. The molecular weight excluding hydrogens is 192 g/mol. The van der Waals surface area contributed by atoms with Gasteiger partial charge in [-0.3, -0.25) is 9.63 Å². The SMILES string of the molecule is CONC(=O)Cn1ccnc1[N+](=O)[O-]. The maximum absolute atomic E-state index is 11.0. The lowest BCUT2D eigenvalue weighted by Crippen LogP contribution is -2.26. The molecule has 0 aliphatic carbocycles. The van der Waals surface area contributed by atoms with Crippen LogP contribution in [0.4, 0.5) is 5.95 Å². The minimum atomic E-state index is -0.667. The van der Waals surface area contributed by atoms with Crippen LogP contribution in [0, 0.1) is 10.1 Å². The lowest BCUT2D eigenvalue weighted by Gasteiger charge is -2.01. The maximum Gasteiger partial charge on any atom is 0.435 e. The van der Waals surface area contributed by atoms with Crippen LogP contribution in [0.1, 0.15) is 0 Å². The van der Waals surface area contributed by atoms with Gasteiger partial charge in [-0.1, -0.05) is 4.98 Å². The number of carbonyl (C=O) groups is 1. The summed E-state index contributed by atoms with van der Waals surface area (Å²) in [5.41, 5.74) is 2.04. The normalized spacial score (nSPS) is 9.79. The van der Waals surface area contributed by atoms with Crippen molar-refractivity contribution in [3.8, 4) is 0 Å². The Hall–Kier alpha value is -1.96. The Morgan fingerprint density at radius 1 is 1.86 bits per heavy atom. The van der Waals surface area contributed by atoms with Gasteiger partial charge in [0.1, 0.15) is 12.4 Å². The Labute approximate surface area is 78.6 Å². The molecule has 76 valence electrons. The average Bonchev–Trinajstić information content (AvgIpc) is 2.52. The van der Waals surface area contributed by atoms with Crippen LogP contribution < -0.4 is 5.48 Å². The Morgan fingerprint density at radius 2 is 2.57 bits per heavy atom. The van der Waals surface area contributed by atoms with Gasteiger partial charge in [-0.15, -0.1) is 0 Å². The second-order valence-corrected chi connectivity index (χ2v) is 2.34. The summed E-state index contributed by atoms with van der Waals surface area (Å²) in [5, 5.41) is 10.4. The fourth-order valence-electron chi connectivity index (χ4n) is 0.898. The van der Waals surface area contributed by atoms with Crippen molar-refractivity contribution in [3.63, 3.8) is 0 Å². The Kier molecular flexibility index (Phi) is 3.13. The predicted molar refractivity (Wildman–Crippen MR) is 44.0 cm³/mol. The molecule has 0 bridgehead atoms. The van der Waals surface area contributed by atoms with Gasteiger partial charge in [-0.05, 0) is 4.92 Å². The van der Waals surface area contributed by atoms with E-state index in [4.69, 9.17) is 0 Å². The number of hydroxylamine groups is 1. The first-order chi connectivity index (χ1) is 6.65. The van der Waals surface area contributed by atoms with Crippen molar-refractivity contribution in [2.24, 2.45) is 0 Å². The highest BCUT2D eigenvalue weighted by Gasteiger charge is 2.16. The molecule has 0 aliphatic rings. The molecule has 0 spiro atoms. The molecule has 0 radical (unpaired) electrons. The number of aromatic nitrogens is 2. The molecule has 8 heteroatoms. The molecule has 1 amide bonds. The summed E-state index contributed by atoms with van der Waals surface area (Å²) in [6, 6.07) is 0. The maximum atomic E-state index is 11.0. The molecule has 1 N–H and O–H groups in total. The number of rotatable bonds is 4. The zero-order valence-corrected chi connectivity index (χ0v) is 7.34. The number of carbonyl (C=O) groups excluding carboxylic acids is 1. The fourth-order valence-corrected chi connectivity index (χ4v) is 0.898. The molecule has 0 unspecified atom stereocenters. The Balaban J connectivity index is 2.71. The summed E-state index contributed by atoms with van der Waals surface area (Å²) in [6.07, 6.45) is 2.59. The molecule has 0 aromatic carbocycles. The molecular formula is C6H8N4O4. The van der Waals surface area contributed by atoms with Crippen LogP contribution in [0.15, 0.2) is 12.4 Å². The monoisotopic (exact) mass is 200 g/mol. The van der Waals surface area contributed by atoms with E-state index in [0.717, 1.165) is 4.57 Å². The van der Waals surface area contributed by atoms with Crippen LogP contribution >= 0.6 is 0 Å². The van der Waals surface area contributed by atoms with Gasteiger partial charge >= 0.3 is 5.95 Å². The molecule has 0 saturated carbocycles. The third-order valence-electron chi connectivity index (χ3n) is 1.39. The number of hydrogen-bond donors (Lipinski definition) is 1. The van der Waals surface area contributed by atoms with E-state index in [0.29, 0.717) is 0 Å². The van der Waals surface area contributed by atoms with Crippen molar-refractivity contribution in [1.82, 2.24) is 15.0 Å². The van der Waals surface area contributed by atoms with Gasteiger partial charge in [-0.2, -0.15) is 0 Å². The summed E-state index contributed by atoms with van der Waals surface area (Å²) in [7, 11) is 1.28. The van der Waals surface area contributed by atoms with E-state index in [1.54, 1.807) is 0 Å². The molecule has 8 nitrogen and oxygen atoms in total. The molecule has 0 atom stereocenters. The van der Waals surface area contributed by atoms with Crippen molar-refractivity contribution in [3.05, 3.63) is 22.5 Å². The quantitative estimate of drug-likeness (QED) is 0.520. The van der Waals surface area contributed by atoms with Gasteiger partial charge in [0.2, 0.25) is 0 Å². The fraction of sp³-hybridized carbons (Fsp3) is 0.333. The van der Waals surface area contributed by atoms with E-state index in [9.17, 15) is 14.9 Å². The zero-order chi connectivity index (χ0) is 10.6. The summed E-state index contributed by atoms with van der Waals surface area (Å²) in [6.45, 7) is -0.204. The number of amides is 1. The molecule has 1 aromatic heterocycles. The van der Waals surface area contributed by atoms with E-state index in [2.05, 4.69) is 9.82 Å². The number of nitrogens with zero attached hydrogens (tertiary/aromatic N) is 3. The lowest BCUT2D eigenvalue weighted by atomic mass is 10.6. The summed E-state index contributed by atoms with van der Waals surface area (Å²) in [4.78, 5) is 28.5. The molecule has 1 rings (SSSR count). The number of hydrogen-bond acceptors (Lipinski definition) is 5. The average molecular weight is 200 g/mol. The lowest BCUT2D eigenvalue weighted by molar-refractivity contribution is -0.396. The highest BCUT2D eigenvalue weighted by molar-refractivity contribution is 5.74. The van der Waals surface area contributed by atoms with Crippen LogP contribution in [0.2, 0.25) is 0 Å². The van der Waals surface area contributed by atoms with Crippen molar-refractivity contribution in [2.75, 3.05) is 7.11 Å². The van der Waals surface area contributed by atoms with Crippen molar-refractivity contribution >= 4 is 11.9 Å². The molecule has 0 aliphatic heterocycles. The summed E-state index contributed by atoms with van der Waals surface area (Å²) in [5.74, 6) is -0.871. The first-order valence-electron chi connectivity index (χ1n) is 3.62. The first kappa shape index (κ1) is 10.1. The zero-order valence-electron chi connectivity index (χ0n) is 7.34. The molecule has 1 heterocycles. The molecule has 14 heavy (non-hydrogen) atoms. The van der Waals surface area contributed by atoms with Crippen LogP contribution in [0.25, 0.3) is 0 Å². The molecule has 0 fully saturated rings. The van der Waals surface area contributed by atoms with Gasteiger partial charge in [0.25, 0.3) is 5.91 Å². The van der Waals surface area contributed by atoms with Gasteiger partial charge in [-0.25, -0.2) is 10.0 Å². The predicted octanol–water partition coefficient (Wildman–Crippen LogP) is -0.531. The van der Waals surface area contributed by atoms with Gasteiger partial charge in [0.05, 0.1) is 7.11 Å². The highest BCUT2D eigenvalue weighted by atomic mass is 16.6. The Morgan fingerprint density at radius 3 is 3.14 bits per heavy atom. The first-order valence-corrected chi connectivity index (χ1v) is 3.62. The second-order valence-electron chi connectivity index (χ2n) is 2.34. The largest absolute Gasteiger partial charge is 0.435 e. The number of imidazole rings is 1. The van der Waals surface area contributed by atoms with Gasteiger partial charge < -0.3 is 10.1 Å². The summed E-state index contributed by atoms with van der Waals surface area (Å²) >= 11 is 0. The molecule has 0 saturated heterocycles. The number of nitro groups is 1. The van der Waals surface area contributed by atoms with E-state index in [-0.39, 0.29) is 12.5 Å². The van der Waals surface area contributed by atoms with E-state index < -0.39 is 10.8 Å². The van der Waals surface area contributed by atoms with E-state index in [1.165, 1.54) is 19.5 Å². The minimum Gasteiger partial charge on any atom is -0.390 e. The van der Waals surface area contributed by atoms with Crippen molar-refractivity contribution in [2.45, 2.75) is 6.54 Å². The van der Waals surface area contributed by atoms with Crippen molar-refractivity contribution < 1.29 is 14.6 Å². The second kappa shape index (κ2) is 4.33.